The molecule has 0 unspecified atom stereocenters. The van der Waals surface area contributed by atoms with Gasteiger partial charge in [0.2, 0.25) is 0 Å². The van der Waals surface area contributed by atoms with Gasteiger partial charge >= 0.3 is 12.2 Å². The molecule has 12 nitrogen and oxygen atoms in total. The number of rotatable bonds is 9. The lowest BCUT2D eigenvalue weighted by atomic mass is 10.1. The van der Waals surface area contributed by atoms with E-state index in [0.717, 1.165) is 18.4 Å². The summed E-state index contributed by atoms with van der Waals surface area (Å²) in [5, 5.41) is 8.66. The normalized spacial score (nSPS) is 17.1. The Balaban J connectivity index is 0.000000342. The second kappa shape index (κ2) is 17.3. The number of amides is 2. The van der Waals surface area contributed by atoms with Crippen molar-refractivity contribution >= 4 is 22.3 Å². The summed E-state index contributed by atoms with van der Waals surface area (Å²) in [6.45, 7) is 16.0. The van der Waals surface area contributed by atoms with Crippen molar-refractivity contribution in [2.75, 3.05) is 52.6 Å². The van der Waals surface area contributed by atoms with Gasteiger partial charge in [-0.3, -0.25) is 4.18 Å². The summed E-state index contributed by atoms with van der Waals surface area (Å²) < 4.78 is 51.0. The highest BCUT2D eigenvalue weighted by Crippen LogP contribution is 2.19. The first-order valence-electron chi connectivity index (χ1n) is 15.2. The van der Waals surface area contributed by atoms with Gasteiger partial charge in [-0.15, -0.1) is 0 Å². The van der Waals surface area contributed by atoms with Crippen molar-refractivity contribution in [1.29, 1.82) is 0 Å². The molecule has 0 radical (unpaired) electrons. The first-order chi connectivity index (χ1) is 20.5. The molecular formula is C31H52N2O10S. The fraction of sp³-hybridized carbons (Fsp3) is 0.742. The zero-order valence-corrected chi connectivity index (χ0v) is 28.2. The summed E-state index contributed by atoms with van der Waals surface area (Å²) in [5.41, 5.74) is 0.0291. The molecule has 2 amide bonds. The maximum absolute atomic E-state index is 12.1. The fourth-order valence-electron chi connectivity index (χ4n) is 4.41. The second-order valence-corrected chi connectivity index (χ2v) is 14.5. The van der Waals surface area contributed by atoms with E-state index >= 15 is 0 Å². The Morgan fingerprint density at radius 3 is 1.55 bits per heavy atom. The van der Waals surface area contributed by atoms with Gasteiger partial charge in [-0.1, -0.05) is 17.7 Å². The van der Waals surface area contributed by atoms with Crippen LogP contribution < -0.4 is 0 Å². The average Bonchev–Trinajstić information content (AvgIpc) is 2.93. The molecule has 0 saturated carbocycles. The molecule has 1 N–H and O–H groups in total. The number of hydrogen-bond acceptors (Lipinski definition) is 10. The van der Waals surface area contributed by atoms with Gasteiger partial charge in [0.15, 0.2) is 0 Å². The average molecular weight is 645 g/mol. The Labute approximate surface area is 263 Å². The molecule has 252 valence electrons. The van der Waals surface area contributed by atoms with Crippen molar-refractivity contribution in [2.45, 2.75) is 102 Å². The number of aliphatic hydroxyl groups is 1. The van der Waals surface area contributed by atoms with Gasteiger partial charge in [0, 0.05) is 26.2 Å². The Kier molecular flexibility index (Phi) is 14.8. The number of hydrogen-bond donors (Lipinski definition) is 1. The van der Waals surface area contributed by atoms with Crippen molar-refractivity contribution in [3.05, 3.63) is 29.8 Å². The molecule has 2 fully saturated rings. The van der Waals surface area contributed by atoms with Crippen LogP contribution in [0.1, 0.15) is 72.8 Å². The van der Waals surface area contributed by atoms with Crippen molar-refractivity contribution in [3.63, 3.8) is 0 Å². The predicted molar refractivity (Wildman–Crippen MR) is 165 cm³/mol. The number of ether oxygens (including phenoxy) is 4. The Morgan fingerprint density at radius 2 is 1.16 bits per heavy atom. The zero-order chi connectivity index (χ0) is 33.0. The number of benzene rings is 1. The molecule has 3 rings (SSSR count). The van der Waals surface area contributed by atoms with E-state index in [1.807, 2.05) is 48.5 Å². The lowest BCUT2D eigenvalue weighted by Gasteiger charge is -2.33. The third-order valence-electron chi connectivity index (χ3n) is 6.62. The molecule has 0 bridgehead atoms. The Morgan fingerprint density at radius 1 is 0.750 bits per heavy atom. The smallest absolute Gasteiger partial charge is 0.410 e. The number of piperidine rings is 2. The third kappa shape index (κ3) is 14.6. The van der Waals surface area contributed by atoms with Crippen LogP contribution in [0.2, 0.25) is 0 Å². The summed E-state index contributed by atoms with van der Waals surface area (Å²) in [6, 6.07) is 6.51. The highest BCUT2D eigenvalue weighted by Gasteiger charge is 2.28. The van der Waals surface area contributed by atoms with Crippen LogP contribution in [0.4, 0.5) is 9.59 Å². The number of carbonyl (C=O) groups is 2. The Hall–Kier alpha value is -2.45. The van der Waals surface area contributed by atoms with Crippen LogP contribution in [-0.2, 0) is 33.2 Å². The van der Waals surface area contributed by atoms with E-state index in [4.69, 9.17) is 28.2 Å². The topological polar surface area (TPSA) is 141 Å². The van der Waals surface area contributed by atoms with Crippen LogP contribution in [-0.4, -0.2) is 112 Å². The van der Waals surface area contributed by atoms with E-state index in [2.05, 4.69) is 0 Å². The molecule has 44 heavy (non-hydrogen) atoms. The van der Waals surface area contributed by atoms with Gasteiger partial charge in [-0.05, 0) is 86.3 Å². The van der Waals surface area contributed by atoms with Crippen LogP contribution >= 0.6 is 0 Å². The van der Waals surface area contributed by atoms with E-state index < -0.39 is 21.3 Å². The molecule has 1 aromatic rings. The van der Waals surface area contributed by atoms with Crippen molar-refractivity contribution in [3.8, 4) is 0 Å². The van der Waals surface area contributed by atoms with Gasteiger partial charge in [0.1, 0.15) is 11.2 Å². The highest BCUT2D eigenvalue weighted by atomic mass is 32.2. The quantitative estimate of drug-likeness (QED) is 0.302. The summed E-state index contributed by atoms with van der Waals surface area (Å²) in [6.07, 6.45) is 2.55. The third-order valence-corrected chi connectivity index (χ3v) is 7.94. The van der Waals surface area contributed by atoms with Gasteiger partial charge in [-0.2, -0.15) is 8.42 Å². The predicted octanol–water partition coefficient (Wildman–Crippen LogP) is 4.51. The lowest BCUT2D eigenvalue weighted by Crippen LogP contribution is -2.43. The molecule has 2 aliphatic heterocycles. The number of aliphatic hydroxyl groups excluding tert-OH is 1. The first-order valence-corrected chi connectivity index (χ1v) is 16.7. The van der Waals surface area contributed by atoms with Gasteiger partial charge in [-0.25, -0.2) is 9.59 Å². The molecule has 2 heterocycles. The molecule has 1 aromatic carbocycles. The lowest BCUT2D eigenvalue weighted by molar-refractivity contribution is -0.0198. The molecule has 0 atom stereocenters. The van der Waals surface area contributed by atoms with Crippen LogP contribution in [0.25, 0.3) is 0 Å². The summed E-state index contributed by atoms with van der Waals surface area (Å²) in [7, 11) is -3.77. The van der Waals surface area contributed by atoms with Gasteiger partial charge < -0.3 is 33.9 Å². The molecule has 2 aliphatic rings. The minimum Gasteiger partial charge on any atom is -0.444 e. The zero-order valence-electron chi connectivity index (χ0n) is 27.4. The SMILES string of the molecule is CC(C)(C)OC(=O)N1CCC(OCCO)CC1.Cc1ccc(S(=O)(=O)OCCOC2CCN(C(=O)OC(C)(C)C)CC2)cc1. The van der Waals surface area contributed by atoms with E-state index in [1.165, 1.54) is 12.1 Å². The van der Waals surface area contributed by atoms with E-state index in [-0.39, 0.29) is 49.1 Å². The summed E-state index contributed by atoms with van der Waals surface area (Å²) in [5.74, 6) is 0. The number of likely N-dealkylation sites (tertiary alicyclic amines) is 2. The summed E-state index contributed by atoms with van der Waals surface area (Å²) in [4.78, 5) is 27.3. The largest absolute Gasteiger partial charge is 0.444 e. The molecule has 0 aromatic heterocycles. The maximum Gasteiger partial charge on any atom is 0.410 e. The molecule has 0 aliphatic carbocycles. The monoisotopic (exact) mass is 644 g/mol. The molecule has 0 spiro atoms. The van der Waals surface area contributed by atoms with Gasteiger partial charge in [0.25, 0.3) is 10.1 Å². The fourth-order valence-corrected chi connectivity index (χ4v) is 5.31. The minimum atomic E-state index is -3.77. The number of aryl methyl sites for hydroxylation is 1. The molecular weight excluding hydrogens is 592 g/mol. The van der Waals surface area contributed by atoms with Crippen molar-refractivity contribution in [2.24, 2.45) is 0 Å². The maximum atomic E-state index is 12.1. The Bertz CT molecular complexity index is 1110. The van der Waals surface area contributed by atoms with Crippen LogP contribution in [0, 0.1) is 6.92 Å². The highest BCUT2D eigenvalue weighted by molar-refractivity contribution is 7.86. The molecule has 13 heteroatoms. The van der Waals surface area contributed by atoms with Crippen LogP contribution in [0.3, 0.4) is 0 Å². The summed E-state index contributed by atoms with van der Waals surface area (Å²) >= 11 is 0. The van der Waals surface area contributed by atoms with Crippen molar-refractivity contribution in [1.82, 2.24) is 9.80 Å². The van der Waals surface area contributed by atoms with E-state index in [0.29, 0.717) is 45.6 Å². The first kappa shape index (κ1) is 37.7. The second-order valence-electron chi connectivity index (χ2n) is 12.9. The van der Waals surface area contributed by atoms with Gasteiger partial charge in [0.05, 0.1) is 43.5 Å². The standard InChI is InChI=1S/C19H29NO6S.C12H23NO4/c1-15-5-7-17(8-6-15)27(22,23)25-14-13-24-16-9-11-20(12-10-16)18(21)26-19(2,3)4;1-12(2,3)17-11(15)13-6-4-10(5-7-13)16-9-8-14/h5-8,16H,9-14H2,1-4H3;10,14H,4-9H2,1-3H3. The van der Waals surface area contributed by atoms with E-state index in [1.54, 1.807) is 21.9 Å². The molecule has 2 saturated heterocycles. The number of nitrogens with zero attached hydrogens (tertiary/aromatic N) is 2. The van der Waals surface area contributed by atoms with Crippen LogP contribution in [0.15, 0.2) is 29.2 Å². The minimum absolute atomic E-state index is 0.0191. The van der Waals surface area contributed by atoms with E-state index in [9.17, 15) is 18.0 Å². The van der Waals surface area contributed by atoms with Crippen LogP contribution in [0.5, 0.6) is 0 Å². The van der Waals surface area contributed by atoms with Crippen molar-refractivity contribution < 1.29 is 46.2 Å². The number of carbonyl (C=O) groups excluding carboxylic acids is 2.